The number of ether oxygens (including phenoxy) is 1. The first kappa shape index (κ1) is 18.3. The summed E-state index contributed by atoms with van der Waals surface area (Å²) < 4.78 is 6.39. The molecule has 1 atom stereocenters. The molecule has 1 nitrogen and oxygen atoms in total. The van der Waals surface area contributed by atoms with Crippen molar-refractivity contribution in [2.45, 2.75) is 56.7 Å². The molecule has 0 spiro atoms. The fourth-order valence-electron chi connectivity index (χ4n) is 2.29. The molecule has 114 valence electrons. The molecule has 1 aromatic rings. The Morgan fingerprint density at radius 3 is 2.45 bits per heavy atom. The van der Waals surface area contributed by atoms with E-state index in [-0.39, 0.29) is 0 Å². The minimum atomic E-state index is 0.290. The van der Waals surface area contributed by atoms with Crippen LogP contribution in [0.25, 0.3) is 0 Å². The molecule has 0 aliphatic heterocycles. The second-order valence-electron chi connectivity index (χ2n) is 5.03. The van der Waals surface area contributed by atoms with Gasteiger partial charge in [-0.05, 0) is 34.5 Å². The van der Waals surface area contributed by atoms with E-state index in [0.29, 0.717) is 4.83 Å². The SMILES string of the molecule is CCCCCCCCC(Br)c1cc(Cl)cc(Br)c1OC. The first-order chi connectivity index (χ1) is 9.60. The maximum atomic E-state index is 6.14. The van der Waals surface area contributed by atoms with Crippen molar-refractivity contribution >= 4 is 43.5 Å². The molecule has 0 saturated carbocycles. The molecular weight excluding hydrogens is 403 g/mol. The molecule has 20 heavy (non-hydrogen) atoms. The Hall–Kier alpha value is 0.270. The highest BCUT2D eigenvalue weighted by Gasteiger charge is 2.16. The number of unbranched alkanes of at least 4 members (excludes halogenated alkanes) is 5. The minimum Gasteiger partial charge on any atom is -0.495 e. The normalized spacial score (nSPS) is 12.4. The van der Waals surface area contributed by atoms with Gasteiger partial charge in [0.05, 0.1) is 11.6 Å². The number of alkyl halides is 1. The summed E-state index contributed by atoms with van der Waals surface area (Å²) in [5, 5.41) is 0.736. The van der Waals surface area contributed by atoms with Gasteiger partial charge in [-0.3, -0.25) is 0 Å². The maximum Gasteiger partial charge on any atom is 0.137 e. The molecule has 1 aromatic carbocycles. The number of benzene rings is 1. The summed E-state index contributed by atoms with van der Waals surface area (Å²) >= 11 is 13.4. The molecule has 0 radical (unpaired) electrons. The van der Waals surface area contributed by atoms with Gasteiger partial charge in [-0.2, -0.15) is 0 Å². The molecule has 0 aliphatic rings. The van der Waals surface area contributed by atoms with Gasteiger partial charge in [0.15, 0.2) is 0 Å². The summed E-state index contributed by atoms with van der Waals surface area (Å²) in [4.78, 5) is 0.290. The number of hydrogen-bond acceptors (Lipinski definition) is 1. The number of hydrogen-bond donors (Lipinski definition) is 0. The third-order valence-electron chi connectivity index (χ3n) is 3.39. The van der Waals surface area contributed by atoms with Gasteiger partial charge in [0.1, 0.15) is 5.75 Å². The Kier molecular flexibility index (Phi) is 9.23. The lowest BCUT2D eigenvalue weighted by Gasteiger charge is -2.16. The average molecular weight is 427 g/mol. The fourth-order valence-corrected chi connectivity index (χ4v) is 3.95. The van der Waals surface area contributed by atoms with Gasteiger partial charge in [0.25, 0.3) is 0 Å². The van der Waals surface area contributed by atoms with Crippen LogP contribution in [0.1, 0.15) is 62.3 Å². The lowest BCUT2D eigenvalue weighted by atomic mass is 10.0. The zero-order valence-electron chi connectivity index (χ0n) is 12.2. The van der Waals surface area contributed by atoms with Gasteiger partial charge in [-0.25, -0.2) is 0 Å². The van der Waals surface area contributed by atoms with Gasteiger partial charge >= 0.3 is 0 Å². The molecule has 0 N–H and O–H groups in total. The molecular formula is C16H23Br2ClO. The van der Waals surface area contributed by atoms with Gasteiger partial charge in [0.2, 0.25) is 0 Å². The highest BCUT2D eigenvalue weighted by Crippen LogP contribution is 2.41. The summed E-state index contributed by atoms with van der Waals surface area (Å²) in [6.07, 6.45) is 8.98. The quantitative estimate of drug-likeness (QED) is 0.297. The van der Waals surface area contributed by atoms with Crippen LogP contribution in [-0.2, 0) is 0 Å². The van der Waals surface area contributed by atoms with Gasteiger partial charge in [-0.15, -0.1) is 0 Å². The molecule has 0 amide bonds. The van der Waals surface area contributed by atoms with Crippen LogP contribution in [0, 0.1) is 0 Å². The molecule has 4 heteroatoms. The number of halogens is 3. The molecule has 0 bridgehead atoms. The van der Waals surface area contributed by atoms with Crippen LogP contribution in [-0.4, -0.2) is 7.11 Å². The van der Waals surface area contributed by atoms with Gasteiger partial charge in [-0.1, -0.05) is 73.0 Å². The molecule has 0 fully saturated rings. The van der Waals surface area contributed by atoms with E-state index in [1.807, 2.05) is 12.1 Å². The summed E-state index contributed by atoms with van der Waals surface area (Å²) in [7, 11) is 1.70. The highest BCUT2D eigenvalue weighted by atomic mass is 79.9. The van der Waals surface area contributed by atoms with Crippen molar-refractivity contribution in [2.24, 2.45) is 0 Å². The van der Waals surface area contributed by atoms with Crippen molar-refractivity contribution in [3.05, 3.63) is 27.2 Å². The zero-order chi connectivity index (χ0) is 15.0. The summed E-state index contributed by atoms with van der Waals surface area (Å²) in [5.41, 5.74) is 1.13. The van der Waals surface area contributed by atoms with Gasteiger partial charge < -0.3 is 4.74 Å². The third kappa shape index (κ3) is 5.95. The van der Waals surface area contributed by atoms with E-state index in [0.717, 1.165) is 27.2 Å². The van der Waals surface area contributed by atoms with Crippen LogP contribution in [0.4, 0.5) is 0 Å². The largest absolute Gasteiger partial charge is 0.495 e. The van der Waals surface area contributed by atoms with Crippen LogP contribution >= 0.6 is 43.5 Å². The van der Waals surface area contributed by atoms with E-state index in [4.69, 9.17) is 16.3 Å². The van der Waals surface area contributed by atoms with E-state index < -0.39 is 0 Å². The van der Waals surface area contributed by atoms with Crippen molar-refractivity contribution in [3.63, 3.8) is 0 Å². The van der Waals surface area contributed by atoms with Crippen LogP contribution in [0.5, 0.6) is 5.75 Å². The van der Waals surface area contributed by atoms with Crippen LogP contribution in [0.3, 0.4) is 0 Å². The van der Waals surface area contributed by atoms with Crippen LogP contribution in [0.2, 0.25) is 5.02 Å². The summed E-state index contributed by atoms with van der Waals surface area (Å²) in [6.45, 7) is 2.25. The average Bonchev–Trinajstić information content (AvgIpc) is 2.41. The van der Waals surface area contributed by atoms with E-state index in [9.17, 15) is 0 Å². The second kappa shape index (κ2) is 10.1. The second-order valence-corrected chi connectivity index (χ2v) is 7.43. The summed E-state index contributed by atoms with van der Waals surface area (Å²) in [5.74, 6) is 0.877. The number of methoxy groups -OCH3 is 1. The first-order valence-corrected chi connectivity index (χ1v) is 9.35. The minimum absolute atomic E-state index is 0.290. The van der Waals surface area contributed by atoms with Crippen LogP contribution in [0.15, 0.2) is 16.6 Å². The Labute approximate surface area is 144 Å². The Morgan fingerprint density at radius 1 is 1.15 bits per heavy atom. The van der Waals surface area contributed by atoms with Crippen molar-refractivity contribution in [2.75, 3.05) is 7.11 Å². The first-order valence-electron chi connectivity index (χ1n) is 7.27. The Morgan fingerprint density at radius 2 is 1.80 bits per heavy atom. The fraction of sp³-hybridized carbons (Fsp3) is 0.625. The predicted octanol–water partition coefficient (Wildman–Crippen LogP) is 7.30. The lowest BCUT2D eigenvalue weighted by Crippen LogP contribution is -1.97. The van der Waals surface area contributed by atoms with Crippen LogP contribution < -0.4 is 4.74 Å². The highest BCUT2D eigenvalue weighted by molar-refractivity contribution is 9.10. The molecule has 0 aromatic heterocycles. The third-order valence-corrected chi connectivity index (χ3v) is 5.15. The number of rotatable bonds is 9. The molecule has 0 saturated heterocycles. The van der Waals surface area contributed by atoms with Crippen molar-refractivity contribution in [1.29, 1.82) is 0 Å². The smallest absolute Gasteiger partial charge is 0.137 e. The Bertz CT molecular complexity index is 410. The van der Waals surface area contributed by atoms with Crippen molar-refractivity contribution < 1.29 is 4.74 Å². The summed E-state index contributed by atoms with van der Waals surface area (Å²) in [6, 6.07) is 3.86. The zero-order valence-corrected chi connectivity index (χ0v) is 16.2. The van der Waals surface area contributed by atoms with Gasteiger partial charge in [0, 0.05) is 15.4 Å². The molecule has 1 unspecified atom stereocenters. The van der Waals surface area contributed by atoms with E-state index in [1.165, 1.54) is 38.5 Å². The molecule has 0 aliphatic carbocycles. The molecule has 1 rings (SSSR count). The standard InChI is InChI=1S/C16H23Br2ClO/c1-3-4-5-6-7-8-9-14(17)13-10-12(19)11-15(18)16(13)20-2/h10-11,14H,3-9H2,1-2H3. The van der Waals surface area contributed by atoms with Crippen molar-refractivity contribution in [3.8, 4) is 5.75 Å². The topological polar surface area (TPSA) is 9.23 Å². The van der Waals surface area contributed by atoms with E-state index in [2.05, 4.69) is 38.8 Å². The van der Waals surface area contributed by atoms with E-state index >= 15 is 0 Å². The Balaban J connectivity index is 2.52. The van der Waals surface area contributed by atoms with Crippen molar-refractivity contribution in [1.82, 2.24) is 0 Å². The molecule has 0 heterocycles. The maximum absolute atomic E-state index is 6.14. The van der Waals surface area contributed by atoms with E-state index in [1.54, 1.807) is 7.11 Å². The predicted molar refractivity (Wildman–Crippen MR) is 95.4 cm³/mol. The monoisotopic (exact) mass is 424 g/mol. The lowest BCUT2D eigenvalue weighted by molar-refractivity contribution is 0.406.